The molecule has 0 spiro atoms. The molecule has 0 heterocycles. The van der Waals surface area contributed by atoms with Gasteiger partial charge in [-0.3, -0.25) is 4.79 Å². The van der Waals surface area contributed by atoms with E-state index in [4.69, 9.17) is 9.16 Å². The van der Waals surface area contributed by atoms with Crippen LogP contribution in [0, 0.1) is 5.92 Å². The van der Waals surface area contributed by atoms with Gasteiger partial charge < -0.3 is 9.16 Å². The van der Waals surface area contributed by atoms with Gasteiger partial charge in [-0.05, 0) is 46.6 Å². The summed E-state index contributed by atoms with van der Waals surface area (Å²) in [5.41, 5.74) is 1.75. The summed E-state index contributed by atoms with van der Waals surface area (Å²) >= 11 is 0. The average molecular weight is 429 g/mol. The van der Waals surface area contributed by atoms with Gasteiger partial charge in [0.05, 0.1) is 13.2 Å². The van der Waals surface area contributed by atoms with E-state index in [1.165, 1.54) is 10.4 Å². The number of hydrogen-bond acceptors (Lipinski definition) is 3. The highest BCUT2D eigenvalue weighted by molar-refractivity contribution is 6.96. The van der Waals surface area contributed by atoms with Gasteiger partial charge in [0, 0.05) is 12.0 Å². The number of methoxy groups -OCH3 is 1. The standard InChI is InChI=1S/C27H28O3Si/c1-20-18-26(28)25(19-21-14-16-22(29-2)17-15-21)27(20)30-31(3,23-10-6-4-7-11-23)24-12-8-5-9-13-24/h4-17,19-20,27H,18H2,1-3H3/b25-19+. The van der Waals surface area contributed by atoms with Crippen LogP contribution in [0.15, 0.2) is 90.5 Å². The minimum atomic E-state index is -2.52. The summed E-state index contributed by atoms with van der Waals surface area (Å²) in [5, 5.41) is 2.41. The van der Waals surface area contributed by atoms with Crippen LogP contribution in [0.3, 0.4) is 0 Å². The number of ether oxygens (including phenoxy) is 1. The zero-order chi connectivity index (χ0) is 21.8. The van der Waals surface area contributed by atoms with E-state index in [9.17, 15) is 4.79 Å². The highest BCUT2D eigenvalue weighted by atomic mass is 28.4. The summed E-state index contributed by atoms with van der Waals surface area (Å²) in [4.78, 5) is 12.9. The maximum absolute atomic E-state index is 12.9. The number of hydrogen-bond donors (Lipinski definition) is 0. The summed E-state index contributed by atoms with van der Waals surface area (Å²) in [5.74, 6) is 1.11. The number of rotatable bonds is 6. The average Bonchev–Trinajstić information content (AvgIpc) is 3.07. The molecule has 31 heavy (non-hydrogen) atoms. The van der Waals surface area contributed by atoms with E-state index >= 15 is 0 Å². The maximum Gasteiger partial charge on any atom is 0.253 e. The molecular formula is C27H28O3Si. The van der Waals surface area contributed by atoms with Crippen LogP contribution in [0.1, 0.15) is 18.9 Å². The van der Waals surface area contributed by atoms with E-state index in [1.807, 2.05) is 42.5 Å². The number of carbonyl (C=O) groups is 1. The third kappa shape index (κ3) is 4.41. The fourth-order valence-corrected chi connectivity index (χ4v) is 7.40. The first-order valence-electron chi connectivity index (χ1n) is 10.7. The molecule has 0 amide bonds. The molecule has 4 heteroatoms. The topological polar surface area (TPSA) is 35.5 Å². The Kier molecular flexibility index (Phi) is 6.21. The summed E-state index contributed by atoms with van der Waals surface area (Å²) in [6, 6.07) is 28.7. The Morgan fingerprint density at radius 2 is 1.42 bits per heavy atom. The Morgan fingerprint density at radius 1 is 0.871 bits per heavy atom. The van der Waals surface area contributed by atoms with Crippen molar-refractivity contribution in [1.82, 2.24) is 0 Å². The predicted molar refractivity (Wildman–Crippen MR) is 128 cm³/mol. The van der Waals surface area contributed by atoms with Gasteiger partial charge in [0.2, 0.25) is 0 Å². The van der Waals surface area contributed by atoms with Gasteiger partial charge in [-0.25, -0.2) is 0 Å². The monoisotopic (exact) mass is 428 g/mol. The van der Waals surface area contributed by atoms with E-state index < -0.39 is 8.32 Å². The molecule has 3 aromatic carbocycles. The lowest BCUT2D eigenvalue weighted by atomic mass is 10.0. The third-order valence-corrected chi connectivity index (χ3v) is 9.70. The number of carbonyl (C=O) groups excluding carboxylic acids is 1. The second-order valence-corrected chi connectivity index (χ2v) is 11.7. The van der Waals surface area contributed by atoms with Crippen LogP contribution in [0.4, 0.5) is 0 Å². The zero-order valence-electron chi connectivity index (χ0n) is 18.2. The van der Waals surface area contributed by atoms with E-state index in [2.05, 4.69) is 62.0 Å². The van der Waals surface area contributed by atoms with Crippen LogP contribution in [-0.2, 0) is 9.22 Å². The molecule has 2 atom stereocenters. The molecule has 0 N–H and O–H groups in total. The van der Waals surface area contributed by atoms with Crippen LogP contribution < -0.4 is 15.1 Å². The van der Waals surface area contributed by atoms with Gasteiger partial charge in [0.25, 0.3) is 8.32 Å². The Balaban J connectivity index is 1.74. The van der Waals surface area contributed by atoms with Crippen LogP contribution in [0.5, 0.6) is 5.75 Å². The van der Waals surface area contributed by atoms with E-state index in [0.717, 1.165) is 16.9 Å². The first-order chi connectivity index (χ1) is 15.0. The molecule has 1 fully saturated rings. The lowest BCUT2D eigenvalue weighted by molar-refractivity contribution is -0.114. The van der Waals surface area contributed by atoms with Gasteiger partial charge in [-0.15, -0.1) is 0 Å². The van der Waals surface area contributed by atoms with Crippen molar-refractivity contribution in [3.05, 3.63) is 96.1 Å². The van der Waals surface area contributed by atoms with Crippen molar-refractivity contribution < 1.29 is 14.0 Å². The fraction of sp³-hybridized carbons (Fsp3) is 0.222. The molecule has 0 radical (unpaired) electrons. The summed E-state index contributed by atoms with van der Waals surface area (Å²) in [6.45, 7) is 4.35. The van der Waals surface area contributed by atoms with Gasteiger partial charge in [-0.1, -0.05) is 79.7 Å². The summed E-state index contributed by atoms with van der Waals surface area (Å²) in [6.07, 6.45) is 2.27. The molecule has 0 bridgehead atoms. The maximum atomic E-state index is 12.9. The second kappa shape index (κ2) is 9.04. The Hall–Kier alpha value is -2.95. The molecule has 0 aliphatic heterocycles. The number of benzene rings is 3. The molecule has 0 saturated heterocycles. The van der Waals surface area contributed by atoms with Gasteiger partial charge >= 0.3 is 0 Å². The minimum Gasteiger partial charge on any atom is -0.497 e. The molecule has 4 rings (SSSR count). The number of Topliss-reactive ketones (excluding diaryl/α,β-unsaturated/α-hetero) is 1. The van der Waals surface area contributed by atoms with Crippen molar-refractivity contribution in [2.24, 2.45) is 5.92 Å². The fourth-order valence-electron chi connectivity index (χ4n) is 4.27. The molecular weight excluding hydrogens is 400 g/mol. The van der Waals surface area contributed by atoms with E-state index in [1.54, 1.807) is 7.11 Å². The van der Waals surface area contributed by atoms with Crippen LogP contribution in [-0.4, -0.2) is 27.3 Å². The highest BCUT2D eigenvalue weighted by Crippen LogP contribution is 2.34. The molecule has 3 aromatic rings. The van der Waals surface area contributed by atoms with Gasteiger partial charge in [0.15, 0.2) is 5.78 Å². The minimum absolute atomic E-state index is 0.135. The smallest absolute Gasteiger partial charge is 0.253 e. The second-order valence-electron chi connectivity index (χ2n) is 8.28. The lowest BCUT2D eigenvalue weighted by Gasteiger charge is -2.33. The van der Waals surface area contributed by atoms with Crippen molar-refractivity contribution in [3.8, 4) is 5.75 Å². The molecule has 0 aromatic heterocycles. The largest absolute Gasteiger partial charge is 0.497 e. The molecule has 1 aliphatic carbocycles. The van der Waals surface area contributed by atoms with Gasteiger partial charge in [0.1, 0.15) is 5.75 Å². The van der Waals surface area contributed by atoms with E-state index in [-0.39, 0.29) is 17.8 Å². The molecule has 1 saturated carbocycles. The molecule has 1 aliphatic rings. The molecule has 3 nitrogen and oxygen atoms in total. The quantitative estimate of drug-likeness (QED) is 0.429. The Bertz CT molecular complexity index is 1020. The van der Waals surface area contributed by atoms with Crippen molar-refractivity contribution >= 4 is 30.6 Å². The molecule has 2 unspecified atom stereocenters. The predicted octanol–water partition coefficient (Wildman–Crippen LogP) is 4.46. The lowest BCUT2D eigenvalue weighted by Crippen LogP contribution is -2.60. The van der Waals surface area contributed by atoms with E-state index in [0.29, 0.717) is 6.42 Å². The van der Waals surface area contributed by atoms with Crippen molar-refractivity contribution in [2.75, 3.05) is 7.11 Å². The zero-order valence-corrected chi connectivity index (χ0v) is 19.2. The Morgan fingerprint density at radius 3 is 1.94 bits per heavy atom. The number of ketones is 1. The third-order valence-electron chi connectivity index (χ3n) is 6.10. The summed E-state index contributed by atoms with van der Waals surface area (Å²) < 4.78 is 12.3. The summed E-state index contributed by atoms with van der Waals surface area (Å²) in [7, 11) is -0.874. The van der Waals surface area contributed by atoms with Crippen LogP contribution in [0.2, 0.25) is 6.55 Å². The van der Waals surface area contributed by atoms with Crippen LogP contribution in [0.25, 0.3) is 6.08 Å². The normalized spacial score (nSPS) is 20.2. The first-order valence-corrected chi connectivity index (χ1v) is 13.1. The van der Waals surface area contributed by atoms with Crippen LogP contribution >= 0.6 is 0 Å². The van der Waals surface area contributed by atoms with Crippen molar-refractivity contribution in [2.45, 2.75) is 26.0 Å². The van der Waals surface area contributed by atoms with Gasteiger partial charge in [-0.2, -0.15) is 0 Å². The molecule has 158 valence electrons. The van der Waals surface area contributed by atoms with Crippen molar-refractivity contribution in [1.29, 1.82) is 0 Å². The highest BCUT2D eigenvalue weighted by Gasteiger charge is 2.43. The SMILES string of the molecule is COc1ccc(/C=C2\C(=O)CC(C)C2O[Si](C)(c2ccccc2)c2ccccc2)cc1. The first kappa shape index (κ1) is 21.3. The van der Waals surface area contributed by atoms with Crippen molar-refractivity contribution in [3.63, 3.8) is 0 Å². The Labute approximate surface area is 185 Å².